The molecule has 120 valence electrons. The topological polar surface area (TPSA) is 61.8 Å². The maximum Gasteiger partial charge on any atom is 0.323 e. The molecule has 0 aliphatic rings. The maximum atomic E-state index is 11.3. The molecule has 0 spiro atoms. The summed E-state index contributed by atoms with van der Waals surface area (Å²) in [7, 11) is 2.07. The summed E-state index contributed by atoms with van der Waals surface area (Å²) in [5.74, 6) is -0.754. The Morgan fingerprint density at radius 2 is 2.00 bits per heavy atom. The van der Waals surface area contributed by atoms with Crippen LogP contribution in [0.3, 0.4) is 0 Å². The highest BCUT2D eigenvalue weighted by atomic mass is 16.5. The van der Waals surface area contributed by atoms with Crippen molar-refractivity contribution >= 4 is 5.97 Å². The van der Waals surface area contributed by atoms with E-state index in [2.05, 4.69) is 17.3 Å². The molecule has 1 unspecified atom stereocenters. The largest absolute Gasteiger partial charge is 0.480 e. The van der Waals surface area contributed by atoms with Crippen LogP contribution in [0.5, 0.6) is 0 Å². The Balaban J connectivity index is 3.86. The summed E-state index contributed by atoms with van der Waals surface area (Å²) in [6.45, 7) is 10.00. The minimum absolute atomic E-state index is 0.668. The second kappa shape index (κ2) is 11.1. The summed E-state index contributed by atoms with van der Waals surface area (Å²) >= 11 is 0. The summed E-state index contributed by atoms with van der Waals surface area (Å²) < 4.78 is 5.31. The molecule has 5 nitrogen and oxygen atoms in total. The fraction of sp³-hybridized carbons (Fsp3) is 0.933. The zero-order chi connectivity index (χ0) is 15.4. The number of carboxylic acid groups (broad SMARTS) is 1. The Labute approximate surface area is 123 Å². The van der Waals surface area contributed by atoms with Gasteiger partial charge in [0, 0.05) is 13.2 Å². The Hall–Kier alpha value is -0.650. The first-order chi connectivity index (χ1) is 9.46. The number of hydrogen-bond acceptors (Lipinski definition) is 4. The third-order valence-electron chi connectivity index (χ3n) is 3.53. The highest BCUT2D eigenvalue weighted by Gasteiger charge is 2.31. The van der Waals surface area contributed by atoms with Crippen molar-refractivity contribution in [1.82, 2.24) is 10.2 Å². The van der Waals surface area contributed by atoms with Crippen molar-refractivity contribution in [3.8, 4) is 0 Å². The number of nitrogens with one attached hydrogen (secondary N) is 1. The van der Waals surface area contributed by atoms with Gasteiger partial charge < -0.3 is 20.1 Å². The minimum atomic E-state index is -0.792. The van der Waals surface area contributed by atoms with E-state index in [1.165, 1.54) is 0 Å². The number of nitrogens with zero attached hydrogens (tertiary/aromatic N) is 1. The van der Waals surface area contributed by atoms with Crippen molar-refractivity contribution in [2.24, 2.45) is 0 Å². The molecule has 20 heavy (non-hydrogen) atoms. The summed E-state index contributed by atoms with van der Waals surface area (Å²) in [5, 5.41) is 12.5. The van der Waals surface area contributed by atoms with E-state index >= 15 is 0 Å². The first-order valence-corrected chi connectivity index (χ1v) is 7.71. The van der Waals surface area contributed by atoms with E-state index < -0.39 is 11.5 Å². The number of carboxylic acids is 1. The van der Waals surface area contributed by atoms with E-state index in [4.69, 9.17) is 4.74 Å². The van der Waals surface area contributed by atoms with E-state index in [1.807, 2.05) is 13.8 Å². The molecular weight excluding hydrogens is 256 g/mol. The lowest BCUT2D eigenvalue weighted by atomic mass is 9.94. The van der Waals surface area contributed by atoms with Crippen LogP contribution in [0, 0.1) is 0 Å². The molecule has 0 rings (SSSR count). The van der Waals surface area contributed by atoms with Crippen molar-refractivity contribution < 1.29 is 14.6 Å². The quantitative estimate of drug-likeness (QED) is 0.507. The van der Waals surface area contributed by atoms with E-state index in [0.29, 0.717) is 6.42 Å². The van der Waals surface area contributed by atoms with Gasteiger partial charge in [-0.2, -0.15) is 0 Å². The molecular formula is C15H32N2O3. The standard InChI is InChI=1S/C15H32N2O3/c1-5-10-16-15(3,14(18)19)9-7-8-11-17(4)12-13-20-6-2/h16H,5-13H2,1-4H3,(H,18,19). The zero-order valence-corrected chi connectivity index (χ0v) is 13.6. The number of aliphatic carboxylic acids is 1. The lowest BCUT2D eigenvalue weighted by Crippen LogP contribution is -2.49. The molecule has 0 saturated carbocycles. The second-order valence-electron chi connectivity index (χ2n) is 5.52. The zero-order valence-electron chi connectivity index (χ0n) is 13.6. The Morgan fingerprint density at radius 3 is 2.55 bits per heavy atom. The van der Waals surface area contributed by atoms with Crippen LogP contribution in [-0.2, 0) is 9.53 Å². The van der Waals surface area contributed by atoms with Crippen LogP contribution < -0.4 is 5.32 Å². The van der Waals surface area contributed by atoms with Gasteiger partial charge in [-0.3, -0.25) is 4.79 Å². The molecule has 0 amide bonds. The number of likely N-dealkylation sites (N-methyl/N-ethyl adjacent to an activating group) is 1. The SMILES string of the molecule is CCCNC(C)(CCCCN(C)CCOCC)C(=O)O. The van der Waals surface area contributed by atoms with Crippen LogP contribution in [-0.4, -0.2) is 61.4 Å². The number of hydrogen-bond donors (Lipinski definition) is 2. The molecule has 0 aromatic carbocycles. The monoisotopic (exact) mass is 288 g/mol. The minimum Gasteiger partial charge on any atom is -0.480 e. The van der Waals surface area contributed by atoms with Gasteiger partial charge in [0.25, 0.3) is 0 Å². The summed E-state index contributed by atoms with van der Waals surface area (Å²) in [5.41, 5.74) is -0.792. The molecule has 0 bridgehead atoms. The van der Waals surface area contributed by atoms with Gasteiger partial charge in [0.1, 0.15) is 5.54 Å². The van der Waals surface area contributed by atoms with E-state index in [-0.39, 0.29) is 0 Å². The first-order valence-electron chi connectivity index (χ1n) is 7.71. The van der Waals surface area contributed by atoms with Gasteiger partial charge in [-0.25, -0.2) is 0 Å². The lowest BCUT2D eigenvalue weighted by Gasteiger charge is -2.26. The molecule has 0 fully saturated rings. The van der Waals surface area contributed by atoms with Crippen LogP contribution in [0.15, 0.2) is 0 Å². The number of unbranched alkanes of at least 4 members (excludes halogenated alkanes) is 1. The third-order valence-corrected chi connectivity index (χ3v) is 3.53. The fourth-order valence-corrected chi connectivity index (χ4v) is 2.01. The van der Waals surface area contributed by atoms with Gasteiger partial charge in [0.05, 0.1) is 6.61 Å². The van der Waals surface area contributed by atoms with E-state index in [1.54, 1.807) is 6.92 Å². The van der Waals surface area contributed by atoms with Crippen molar-refractivity contribution in [1.29, 1.82) is 0 Å². The summed E-state index contributed by atoms with van der Waals surface area (Å²) in [6, 6.07) is 0. The highest BCUT2D eigenvalue weighted by molar-refractivity contribution is 5.78. The average molecular weight is 288 g/mol. The van der Waals surface area contributed by atoms with Crippen LogP contribution in [0.4, 0.5) is 0 Å². The first kappa shape index (κ1) is 19.4. The van der Waals surface area contributed by atoms with Gasteiger partial charge in [-0.1, -0.05) is 6.92 Å². The van der Waals surface area contributed by atoms with Gasteiger partial charge in [-0.15, -0.1) is 0 Å². The molecule has 2 N–H and O–H groups in total. The average Bonchev–Trinajstić information content (AvgIpc) is 2.41. The summed E-state index contributed by atoms with van der Waals surface area (Å²) in [6.07, 6.45) is 3.54. The normalized spacial score (nSPS) is 14.4. The smallest absolute Gasteiger partial charge is 0.323 e. The number of carbonyl (C=O) groups is 1. The van der Waals surface area contributed by atoms with E-state index in [9.17, 15) is 9.90 Å². The van der Waals surface area contributed by atoms with Gasteiger partial charge in [0.2, 0.25) is 0 Å². The lowest BCUT2D eigenvalue weighted by molar-refractivity contribution is -0.144. The molecule has 1 atom stereocenters. The fourth-order valence-electron chi connectivity index (χ4n) is 2.01. The molecule has 0 radical (unpaired) electrons. The van der Waals surface area contributed by atoms with Crippen LogP contribution in [0.1, 0.15) is 46.5 Å². The van der Waals surface area contributed by atoms with Gasteiger partial charge >= 0.3 is 5.97 Å². The van der Waals surface area contributed by atoms with Gasteiger partial charge in [0.15, 0.2) is 0 Å². The van der Waals surface area contributed by atoms with Crippen LogP contribution in [0.2, 0.25) is 0 Å². The van der Waals surface area contributed by atoms with Gasteiger partial charge in [-0.05, 0) is 59.7 Å². The van der Waals surface area contributed by atoms with Crippen LogP contribution >= 0.6 is 0 Å². The second-order valence-corrected chi connectivity index (χ2v) is 5.52. The van der Waals surface area contributed by atoms with Crippen molar-refractivity contribution in [2.75, 3.05) is 39.9 Å². The number of ether oxygens (including phenoxy) is 1. The van der Waals surface area contributed by atoms with Crippen molar-refractivity contribution in [2.45, 2.75) is 52.0 Å². The molecule has 0 saturated heterocycles. The van der Waals surface area contributed by atoms with Crippen molar-refractivity contribution in [3.63, 3.8) is 0 Å². The van der Waals surface area contributed by atoms with E-state index in [0.717, 1.165) is 52.1 Å². The Kier molecular flexibility index (Phi) is 10.7. The van der Waals surface area contributed by atoms with Crippen LogP contribution in [0.25, 0.3) is 0 Å². The molecule has 0 aliphatic heterocycles. The molecule has 0 heterocycles. The Morgan fingerprint density at radius 1 is 1.30 bits per heavy atom. The highest BCUT2D eigenvalue weighted by Crippen LogP contribution is 2.14. The predicted molar refractivity (Wildman–Crippen MR) is 82.2 cm³/mol. The summed E-state index contributed by atoms with van der Waals surface area (Å²) in [4.78, 5) is 13.6. The molecule has 0 aromatic heterocycles. The Bertz CT molecular complexity index is 262. The number of rotatable bonds is 13. The maximum absolute atomic E-state index is 11.3. The third kappa shape index (κ3) is 8.51. The molecule has 0 aromatic rings. The molecule has 5 heteroatoms. The van der Waals surface area contributed by atoms with Crippen molar-refractivity contribution in [3.05, 3.63) is 0 Å². The predicted octanol–water partition coefficient (Wildman–Crippen LogP) is 1.97. The molecule has 0 aliphatic carbocycles.